The lowest BCUT2D eigenvalue weighted by atomic mass is 10.3. The van der Waals surface area contributed by atoms with Crippen molar-refractivity contribution in [1.29, 1.82) is 5.26 Å². The van der Waals surface area contributed by atoms with Crippen LogP contribution in [0.1, 0.15) is 0 Å². The third-order valence-electron chi connectivity index (χ3n) is 2.41. The van der Waals surface area contributed by atoms with Gasteiger partial charge in [-0.15, -0.1) is 0 Å². The van der Waals surface area contributed by atoms with Gasteiger partial charge in [-0.1, -0.05) is 6.58 Å². The third kappa shape index (κ3) is 2.71. The molecule has 0 radical (unpaired) electrons. The van der Waals surface area contributed by atoms with Crippen LogP contribution in [0.4, 0.5) is 0 Å². The van der Waals surface area contributed by atoms with E-state index in [-0.39, 0.29) is 0 Å². The highest BCUT2D eigenvalue weighted by Crippen LogP contribution is 2.21. The number of nitrogens with two attached hydrogens (primary N) is 1. The first-order valence-electron chi connectivity index (χ1n) is 5.27. The summed E-state index contributed by atoms with van der Waals surface area (Å²) in [6.45, 7) is 5.11. The molecular weight excluding hydrogens is 216 g/mol. The Hall–Kier alpha value is -2.13. The second kappa shape index (κ2) is 5.82. The van der Waals surface area contributed by atoms with Gasteiger partial charge in [-0.3, -0.25) is 0 Å². The number of nitrogens with one attached hydrogen (secondary N) is 2. The van der Waals surface area contributed by atoms with Crippen molar-refractivity contribution in [2.24, 2.45) is 5.73 Å². The maximum atomic E-state index is 9.02. The van der Waals surface area contributed by atoms with Gasteiger partial charge in [-0.25, -0.2) is 10.0 Å². The predicted molar refractivity (Wildman–Crippen MR) is 66.6 cm³/mol. The molecule has 6 nitrogen and oxygen atoms in total. The van der Waals surface area contributed by atoms with E-state index >= 15 is 0 Å². The van der Waals surface area contributed by atoms with Crippen LogP contribution in [-0.2, 0) is 0 Å². The number of hydrazine groups is 1. The maximum absolute atomic E-state index is 9.02. The summed E-state index contributed by atoms with van der Waals surface area (Å²) >= 11 is 0. The number of rotatable bonds is 5. The summed E-state index contributed by atoms with van der Waals surface area (Å²) < 4.78 is 0. The lowest BCUT2D eigenvalue weighted by molar-refractivity contribution is 0.0962. The van der Waals surface area contributed by atoms with Crippen molar-refractivity contribution < 1.29 is 0 Å². The van der Waals surface area contributed by atoms with Crippen LogP contribution in [0.2, 0.25) is 0 Å². The van der Waals surface area contributed by atoms with Crippen LogP contribution >= 0.6 is 0 Å². The molecule has 0 bridgehead atoms. The first-order chi connectivity index (χ1) is 8.15. The van der Waals surface area contributed by atoms with E-state index in [0.717, 1.165) is 5.82 Å². The van der Waals surface area contributed by atoms with Crippen LogP contribution < -0.4 is 16.4 Å². The molecule has 0 fully saturated rings. The number of hydrogen-bond acceptors (Lipinski definition) is 6. The van der Waals surface area contributed by atoms with E-state index in [2.05, 4.69) is 23.3 Å². The quantitative estimate of drug-likeness (QED) is 0.602. The second-order valence-corrected chi connectivity index (χ2v) is 3.57. The molecule has 0 saturated heterocycles. The standard InChI is InChI=1S/C11H18N6/c1-9(15-6-4-5-12)17-11(14-2)10(7-13)8-16(17)3/h4-5,14-15H,1,6,8,12H2,2-3H3/b5-4-. The van der Waals surface area contributed by atoms with Gasteiger partial charge in [0.2, 0.25) is 0 Å². The monoisotopic (exact) mass is 234 g/mol. The topological polar surface area (TPSA) is 80.3 Å². The molecule has 0 aromatic carbocycles. The molecule has 1 aliphatic heterocycles. The molecule has 0 unspecified atom stereocenters. The zero-order valence-corrected chi connectivity index (χ0v) is 10.2. The summed E-state index contributed by atoms with van der Waals surface area (Å²) in [5.74, 6) is 1.45. The van der Waals surface area contributed by atoms with Crippen LogP contribution in [0.25, 0.3) is 0 Å². The van der Waals surface area contributed by atoms with Crippen LogP contribution in [0.3, 0.4) is 0 Å². The van der Waals surface area contributed by atoms with Crippen molar-refractivity contribution in [3.8, 4) is 6.07 Å². The number of likely N-dealkylation sites (N-methyl/N-ethyl adjacent to an activating group) is 1. The molecule has 17 heavy (non-hydrogen) atoms. The molecule has 0 aromatic rings. The van der Waals surface area contributed by atoms with Gasteiger partial charge in [0, 0.05) is 20.6 Å². The molecule has 0 aliphatic carbocycles. The van der Waals surface area contributed by atoms with Crippen molar-refractivity contribution in [3.63, 3.8) is 0 Å². The zero-order valence-electron chi connectivity index (χ0n) is 10.2. The minimum absolute atomic E-state index is 0.570. The Bertz CT molecular complexity index is 389. The highest BCUT2D eigenvalue weighted by Gasteiger charge is 2.28. The molecule has 1 rings (SSSR count). The summed E-state index contributed by atoms with van der Waals surface area (Å²) in [7, 11) is 3.68. The lowest BCUT2D eigenvalue weighted by Gasteiger charge is -2.30. The van der Waals surface area contributed by atoms with Gasteiger partial charge in [0.25, 0.3) is 0 Å². The molecule has 1 aliphatic rings. The first-order valence-corrected chi connectivity index (χ1v) is 5.27. The third-order valence-corrected chi connectivity index (χ3v) is 2.41. The SMILES string of the molecule is C=C(NC/C=C\N)N1C(NC)=C(C#N)CN1C. The molecule has 4 N–H and O–H groups in total. The minimum Gasteiger partial charge on any atom is -0.405 e. The summed E-state index contributed by atoms with van der Waals surface area (Å²) in [5, 5.41) is 18.9. The van der Waals surface area contributed by atoms with Gasteiger partial charge in [-0.05, 0) is 12.3 Å². The van der Waals surface area contributed by atoms with Crippen molar-refractivity contribution in [3.05, 3.63) is 36.1 Å². The van der Waals surface area contributed by atoms with E-state index in [9.17, 15) is 0 Å². The largest absolute Gasteiger partial charge is 0.405 e. The summed E-state index contributed by atoms with van der Waals surface area (Å²) in [5.41, 5.74) is 5.94. The maximum Gasteiger partial charge on any atom is 0.137 e. The van der Waals surface area contributed by atoms with Crippen LogP contribution in [0.5, 0.6) is 0 Å². The van der Waals surface area contributed by atoms with Crippen molar-refractivity contribution in [1.82, 2.24) is 20.7 Å². The van der Waals surface area contributed by atoms with Crippen LogP contribution in [-0.4, -0.2) is 37.2 Å². The Balaban J connectivity index is 2.78. The van der Waals surface area contributed by atoms with Crippen LogP contribution in [0, 0.1) is 11.3 Å². The second-order valence-electron chi connectivity index (χ2n) is 3.57. The molecule has 0 aromatic heterocycles. The summed E-state index contributed by atoms with van der Waals surface area (Å²) in [6.07, 6.45) is 3.26. The van der Waals surface area contributed by atoms with E-state index < -0.39 is 0 Å². The van der Waals surface area contributed by atoms with Gasteiger partial charge in [0.1, 0.15) is 11.6 Å². The normalized spacial score (nSPS) is 16.4. The molecule has 0 spiro atoms. The Kier molecular flexibility index (Phi) is 4.43. The number of nitrogens with zero attached hydrogens (tertiary/aromatic N) is 3. The van der Waals surface area contributed by atoms with Crippen molar-refractivity contribution >= 4 is 0 Å². The Labute approximate surface area is 102 Å². The fraction of sp³-hybridized carbons (Fsp3) is 0.364. The summed E-state index contributed by atoms with van der Waals surface area (Å²) in [4.78, 5) is 0. The fourth-order valence-corrected chi connectivity index (χ4v) is 1.68. The Morgan fingerprint density at radius 3 is 2.94 bits per heavy atom. The van der Waals surface area contributed by atoms with Gasteiger partial charge >= 0.3 is 0 Å². The average Bonchev–Trinajstić information content (AvgIpc) is 2.65. The molecule has 1 heterocycles. The van der Waals surface area contributed by atoms with Gasteiger partial charge in [0.15, 0.2) is 0 Å². The van der Waals surface area contributed by atoms with E-state index in [0.29, 0.717) is 24.5 Å². The van der Waals surface area contributed by atoms with E-state index in [4.69, 9.17) is 11.0 Å². The first kappa shape index (κ1) is 12.9. The number of nitriles is 1. The predicted octanol–water partition coefficient (Wildman–Crippen LogP) is -0.363. The summed E-state index contributed by atoms with van der Waals surface area (Å²) in [6, 6.07) is 2.18. The van der Waals surface area contributed by atoms with E-state index in [1.54, 1.807) is 13.1 Å². The Morgan fingerprint density at radius 2 is 2.41 bits per heavy atom. The smallest absolute Gasteiger partial charge is 0.137 e. The van der Waals surface area contributed by atoms with Gasteiger partial charge in [-0.2, -0.15) is 5.26 Å². The highest BCUT2D eigenvalue weighted by atomic mass is 15.7. The zero-order chi connectivity index (χ0) is 12.8. The van der Waals surface area contributed by atoms with Crippen molar-refractivity contribution in [2.45, 2.75) is 0 Å². The van der Waals surface area contributed by atoms with Gasteiger partial charge in [0.05, 0.1) is 18.2 Å². The fourth-order valence-electron chi connectivity index (χ4n) is 1.68. The molecule has 6 heteroatoms. The molecular formula is C11H18N6. The molecule has 92 valence electrons. The van der Waals surface area contributed by atoms with Crippen LogP contribution in [0.15, 0.2) is 36.1 Å². The molecule has 0 saturated carbocycles. The Morgan fingerprint density at radius 1 is 1.71 bits per heavy atom. The van der Waals surface area contributed by atoms with E-state index in [1.807, 2.05) is 17.1 Å². The molecule has 0 amide bonds. The highest BCUT2D eigenvalue weighted by molar-refractivity contribution is 5.32. The molecule has 0 atom stereocenters. The lowest BCUT2D eigenvalue weighted by Crippen LogP contribution is -2.41. The minimum atomic E-state index is 0.570. The van der Waals surface area contributed by atoms with E-state index in [1.165, 1.54) is 6.20 Å². The van der Waals surface area contributed by atoms with Crippen molar-refractivity contribution in [2.75, 3.05) is 27.2 Å². The van der Waals surface area contributed by atoms with Gasteiger partial charge < -0.3 is 16.4 Å². The average molecular weight is 234 g/mol. The number of hydrogen-bond donors (Lipinski definition) is 3.